The van der Waals surface area contributed by atoms with Crippen LogP contribution in [0, 0.1) is 0 Å². The van der Waals surface area contributed by atoms with Crippen molar-refractivity contribution in [2.24, 2.45) is 0 Å². The van der Waals surface area contributed by atoms with Crippen LogP contribution in [0.1, 0.15) is 32.3 Å². The number of anilines is 1. The molecule has 1 heterocycles. The number of ether oxygens (including phenoxy) is 2. The number of benzene rings is 1. The van der Waals surface area contributed by atoms with Crippen LogP contribution in [0.5, 0.6) is 11.5 Å². The van der Waals surface area contributed by atoms with E-state index in [0.717, 1.165) is 17.7 Å². The Balaban J connectivity index is 2.15. The Morgan fingerprint density at radius 1 is 1.43 bits per heavy atom. The molecule has 1 aromatic rings. The fraction of sp³-hybridized carbons (Fsp3) is 0.467. The number of hydrogen-bond acceptors (Lipinski definition) is 4. The predicted molar refractivity (Wildman–Crippen MR) is 76.9 cm³/mol. The van der Waals surface area contributed by atoms with E-state index in [1.54, 1.807) is 6.07 Å². The topological polar surface area (TPSA) is 84.9 Å². The summed E-state index contributed by atoms with van der Waals surface area (Å²) in [5.41, 5.74) is 1.56. The van der Waals surface area contributed by atoms with Gasteiger partial charge in [-0.25, -0.2) is 0 Å². The van der Waals surface area contributed by atoms with E-state index in [4.69, 9.17) is 14.6 Å². The first-order chi connectivity index (χ1) is 9.99. The molecule has 21 heavy (non-hydrogen) atoms. The number of carboxylic acid groups (broad SMARTS) is 1. The molecule has 1 amide bonds. The lowest BCUT2D eigenvalue weighted by Crippen LogP contribution is -2.14. The molecule has 2 rings (SSSR count). The molecule has 0 fully saturated rings. The van der Waals surface area contributed by atoms with Crippen LogP contribution in [0.3, 0.4) is 0 Å². The number of rotatable bonds is 6. The summed E-state index contributed by atoms with van der Waals surface area (Å²) in [4.78, 5) is 22.3. The number of carbonyl (C=O) groups excluding carboxylic acids is 1. The minimum Gasteiger partial charge on any atom is -0.492 e. The second kappa shape index (κ2) is 6.47. The molecule has 0 radical (unpaired) electrons. The van der Waals surface area contributed by atoms with E-state index in [1.165, 1.54) is 0 Å². The van der Waals surface area contributed by atoms with E-state index in [0.29, 0.717) is 18.0 Å². The third-order valence-corrected chi connectivity index (χ3v) is 3.14. The molecule has 1 aliphatic rings. The van der Waals surface area contributed by atoms with Gasteiger partial charge in [0.05, 0.1) is 18.7 Å². The molecule has 0 bridgehead atoms. The predicted octanol–water partition coefficient (Wildman–Crippen LogP) is 2.21. The molecule has 1 aromatic carbocycles. The lowest BCUT2D eigenvalue weighted by molar-refractivity contribution is -0.138. The quantitative estimate of drug-likeness (QED) is 0.840. The van der Waals surface area contributed by atoms with Crippen LogP contribution in [0.25, 0.3) is 0 Å². The molecule has 2 N–H and O–H groups in total. The number of aliphatic carboxylic acids is 1. The van der Waals surface area contributed by atoms with Gasteiger partial charge >= 0.3 is 5.97 Å². The normalized spacial score (nSPS) is 16.0. The van der Waals surface area contributed by atoms with E-state index in [-0.39, 0.29) is 24.9 Å². The Morgan fingerprint density at radius 3 is 2.86 bits per heavy atom. The van der Waals surface area contributed by atoms with E-state index >= 15 is 0 Å². The molecule has 0 saturated heterocycles. The molecule has 6 nitrogen and oxygen atoms in total. The van der Waals surface area contributed by atoms with Gasteiger partial charge in [-0.05, 0) is 19.9 Å². The average molecular weight is 293 g/mol. The zero-order valence-electron chi connectivity index (χ0n) is 12.1. The van der Waals surface area contributed by atoms with E-state index in [1.807, 2.05) is 19.9 Å². The molecule has 0 spiro atoms. The second-order valence-electron chi connectivity index (χ2n) is 4.96. The van der Waals surface area contributed by atoms with Gasteiger partial charge in [0, 0.05) is 24.5 Å². The molecule has 1 atom stereocenters. The third-order valence-electron chi connectivity index (χ3n) is 3.14. The Bertz CT molecular complexity index is 555. The fourth-order valence-electron chi connectivity index (χ4n) is 2.25. The SMILES string of the molecule is CCOc1cc2c(cc1NC(=O)CCC(=O)O)OC(C)C2. The van der Waals surface area contributed by atoms with Crippen molar-refractivity contribution in [2.45, 2.75) is 39.2 Å². The van der Waals surface area contributed by atoms with Crippen molar-refractivity contribution in [1.82, 2.24) is 0 Å². The van der Waals surface area contributed by atoms with Crippen molar-refractivity contribution in [1.29, 1.82) is 0 Å². The van der Waals surface area contributed by atoms with Gasteiger partial charge in [-0.1, -0.05) is 0 Å². The van der Waals surface area contributed by atoms with Crippen LogP contribution in [0.4, 0.5) is 5.69 Å². The number of hydrogen-bond donors (Lipinski definition) is 2. The molecular formula is C15H19NO5. The number of carboxylic acids is 1. The minimum atomic E-state index is -0.999. The molecular weight excluding hydrogens is 274 g/mol. The maximum Gasteiger partial charge on any atom is 0.303 e. The number of amides is 1. The van der Waals surface area contributed by atoms with Crippen molar-refractivity contribution in [2.75, 3.05) is 11.9 Å². The zero-order valence-corrected chi connectivity index (χ0v) is 12.1. The van der Waals surface area contributed by atoms with Crippen LogP contribution in [0.2, 0.25) is 0 Å². The Kier molecular flexibility index (Phi) is 4.67. The highest BCUT2D eigenvalue weighted by Gasteiger charge is 2.22. The van der Waals surface area contributed by atoms with Gasteiger partial charge < -0.3 is 19.9 Å². The molecule has 0 saturated carbocycles. The van der Waals surface area contributed by atoms with Gasteiger partial charge in [0.1, 0.15) is 17.6 Å². The van der Waals surface area contributed by atoms with Crippen molar-refractivity contribution in [3.05, 3.63) is 17.7 Å². The van der Waals surface area contributed by atoms with Crippen LogP contribution >= 0.6 is 0 Å². The molecule has 1 unspecified atom stereocenters. The highest BCUT2D eigenvalue weighted by molar-refractivity contribution is 5.94. The highest BCUT2D eigenvalue weighted by Crippen LogP contribution is 2.38. The standard InChI is InChI=1S/C15H19NO5/c1-3-20-13-7-10-6-9(2)21-12(10)8-11(13)16-14(17)4-5-15(18)19/h7-9H,3-6H2,1-2H3,(H,16,17)(H,18,19). The van der Waals surface area contributed by atoms with Gasteiger partial charge in [-0.3, -0.25) is 9.59 Å². The van der Waals surface area contributed by atoms with Crippen molar-refractivity contribution >= 4 is 17.6 Å². The number of fused-ring (bicyclic) bond motifs is 1. The fourth-order valence-corrected chi connectivity index (χ4v) is 2.25. The first kappa shape index (κ1) is 15.2. The molecule has 0 aromatic heterocycles. The summed E-state index contributed by atoms with van der Waals surface area (Å²) in [6.07, 6.45) is 0.638. The van der Waals surface area contributed by atoms with Crippen molar-refractivity contribution in [3.63, 3.8) is 0 Å². The molecule has 6 heteroatoms. The van der Waals surface area contributed by atoms with Crippen LogP contribution in [-0.4, -0.2) is 29.7 Å². The average Bonchev–Trinajstić information content (AvgIpc) is 2.76. The lowest BCUT2D eigenvalue weighted by atomic mass is 10.1. The summed E-state index contributed by atoms with van der Waals surface area (Å²) >= 11 is 0. The van der Waals surface area contributed by atoms with Crippen LogP contribution < -0.4 is 14.8 Å². The maximum absolute atomic E-state index is 11.8. The Morgan fingerprint density at radius 2 is 2.19 bits per heavy atom. The van der Waals surface area contributed by atoms with Crippen LogP contribution in [-0.2, 0) is 16.0 Å². The first-order valence-corrected chi connectivity index (χ1v) is 6.97. The largest absolute Gasteiger partial charge is 0.492 e. The summed E-state index contributed by atoms with van der Waals surface area (Å²) < 4.78 is 11.2. The van der Waals surface area contributed by atoms with Gasteiger partial charge in [0.25, 0.3) is 0 Å². The minimum absolute atomic E-state index is 0.0742. The van der Waals surface area contributed by atoms with Crippen molar-refractivity contribution < 1.29 is 24.2 Å². The monoisotopic (exact) mass is 293 g/mol. The summed E-state index contributed by atoms with van der Waals surface area (Å²) in [5.74, 6) is -0.0391. The van der Waals surface area contributed by atoms with Crippen molar-refractivity contribution in [3.8, 4) is 11.5 Å². The highest BCUT2D eigenvalue weighted by atomic mass is 16.5. The lowest BCUT2D eigenvalue weighted by Gasteiger charge is -2.13. The first-order valence-electron chi connectivity index (χ1n) is 6.97. The van der Waals surface area contributed by atoms with E-state index < -0.39 is 5.97 Å². The summed E-state index contributed by atoms with van der Waals surface area (Å²) in [7, 11) is 0. The molecule has 0 aliphatic carbocycles. The molecule has 1 aliphatic heterocycles. The Labute approximate surface area is 123 Å². The Hall–Kier alpha value is -2.24. The van der Waals surface area contributed by atoms with Gasteiger partial charge in [-0.15, -0.1) is 0 Å². The summed E-state index contributed by atoms with van der Waals surface area (Å²) in [6.45, 7) is 4.32. The number of carbonyl (C=O) groups is 2. The summed E-state index contributed by atoms with van der Waals surface area (Å²) in [6, 6.07) is 3.61. The maximum atomic E-state index is 11.8. The van der Waals surface area contributed by atoms with E-state index in [2.05, 4.69) is 5.32 Å². The summed E-state index contributed by atoms with van der Waals surface area (Å²) in [5, 5.41) is 11.3. The van der Waals surface area contributed by atoms with E-state index in [9.17, 15) is 9.59 Å². The van der Waals surface area contributed by atoms with Crippen LogP contribution in [0.15, 0.2) is 12.1 Å². The zero-order chi connectivity index (χ0) is 15.4. The van der Waals surface area contributed by atoms with Gasteiger partial charge in [-0.2, -0.15) is 0 Å². The smallest absolute Gasteiger partial charge is 0.303 e. The third kappa shape index (κ3) is 3.87. The molecule has 114 valence electrons. The number of nitrogens with one attached hydrogen (secondary N) is 1. The second-order valence-corrected chi connectivity index (χ2v) is 4.96. The van der Waals surface area contributed by atoms with Gasteiger partial charge in [0.2, 0.25) is 5.91 Å². The van der Waals surface area contributed by atoms with Gasteiger partial charge in [0.15, 0.2) is 0 Å².